The van der Waals surface area contributed by atoms with Gasteiger partial charge >= 0.3 is 0 Å². The Kier molecular flexibility index (Phi) is 2.50. The Balaban J connectivity index is 3.21. The zero-order valence-corrected chi connectivity index (χ0v) is 7.37. The molecule has 11 heavy (non-hydrogen) atoms. The maximum atomic E-state index is 12.8. The van der Waals surface area contributed by atoms with Crippen LogP contribution < -0.4 is 0 Å². The number of aryl methyl sites for hydroxylation is 2. The minimum atomic E-state index is -0.325. The van der Waals surface area contributed by atoms with Gasteiger partial charge in [0, 0.05) is 0 Å². The molecule has 0 aliphatic carbocycles. The summed E-state index contributed by atoms with van der Waals surface area (Å²) in [6.45, 7) is 3.93. The van der Waals surface area contributed by atoms with E-state index >= 15 is 0 Å². The number of halogens is 2. The van der Waals surface area contributed by atoms with Gasteiger partial charge in [0.1, 0.15) is 5.82 Å². The lowest BCUT2D eigenvalue weighted by molar-refractivity contribution is 0.625. The molecule has 0 saturated carbocycles. The Hall–Kier alpha value is -0.560. The highest BCUT2D eigenvalue weighted by atomic mass is 35.5. The monoisotopic (exact) mass is 172 g/mol. The number of hydrogen-bond acceptors (Lipinski definition) is 0. The van der Waals surface area contributed by atoms with Crippen LogP contribution in [0.2, 0.25) is 5.02 Å². The predicted molar refractivity (Wildman–Crippen MR) is 45.5 cm³/mol. The fourth-order valence-corrected chi connectivity index (χ4v) is 1.29. The summed E-state index contributed by atoms with van der Waals surface area (Å²) in [5.74, 6) is -0.325. The fraction of sp³-hybridized carbons (Fsp3) is 0.333. The molecule has 0 fully saturated rings. The van der Waals surface area contributed by atoms with Gasteiger partial charge in [-0.1, -0.05) is 18.5 Å². The van der Waals surface area contributed by atoms with Gasteiger partial charge in [0.25, 0.3) is 0 Å². The molecule has 0 amide bonds. The van der Waals surface area contributed by atoms with Gasteiger partial charge in [-0.15, -0.1) is 0 Å². The van der Waals surface area contributed by atoms with Gasteiger partial charge in [0.05, 0.1) is 5.02 Å². The Morgan fingerprint density at radius 3 is 2.64 bits per heavy atom. The summed E-state index contributed by atoms with van der Waals surface area (Å²) in [6, 6.07) is 3.16. The van der Waals surface area contributed by atoms with Crippen LogP contribution in [0.4, 0.5) is 4.39 Å². The summed E-state index contributed by atoms with van der Waals surface area (Å²) in [5, 5.41) is 0.208. The first-order chi connectivity index (χ1) is 5.15. The third kappa shape index (κ3) is 1.72. The van der Waals surface area contributed by atoms with Crippen molar-refractivity contribution in [2.45, 2.75) is 20.3 Å². The van der Waals surface area contributed by atoms with E-state index in [1.54, 1.807) is 6.07 Å². The van der Waals surface area contributed by atoms with Crippen molar-refractivity contribution in [2.24, 2.45) is 0 Å². The summed E-state index contributed by atoms with van der Waals surface area (Å²) >= 11 is 5.57. The van der Waals surface area contributed by atoms with Crippen molar-refractivity contribution in [1.29, 1.82) is 0 Å². The summed E-state index contributed by atoms with van der Waals surface area (Å²) in [4.78, 5) is 0. The second-order valence-electron chi connectivity index (χ2n) is 2.55. The highest BCUT2D eigenvalue weighted by molar-refractivity contribution is 6.30. The second-order valence-corrected chi connectivity index (χ2v) is 2.95. The van der Waals surface area contributed by atoms with E-state index in [1.165, 1.54) is 6.07 Å². The maximum Gasteiger partial charge on any atom is 0.142 e. The van der Waals surface area contributed by atoms with Crippen molar-refractivity contribution in [3.63, 3.8) is 0 Å². The van der Waals surface area contributed by atoms with E-state index in [4.69, 9.17) is 11.6 Å². The molecule has 0 atom stereocenters. The summed E-state index contributed by atoms with van der Waals surface area (Å²) in [6.07, 6.45) is 0.847. The first-order valence-corrected chi connectivity index (χ1v) is 3.97. The molecule has 60 valence electrons. The van der Waals surface area contributed by atoms with Gasteiger partial charge in [-0.25, -0.2) is 4.39 Å². The molecule has 0 N–H and O–H groups in total. The smallest absolute Gasteiger partial charge is 0.142 e. The van der Waals surface area contributed by atoms with E-state index in [-0.39, 0.29) is 10.8 Å². The molecule has 2 heteroatoms. The third-order valence-corrected chi connectivity index (χ3v) is 2.05. The molecule has 0 bridgehead atoms. The summed E-state index contributed by atoms with van der Waals surface area (Å²) < 4.78 is 12.8. The molecule has 1 rings (SSSR count). The Morgan fingerprint density at radius 1 is 1.45 bits per heavy atom. The topological polar surface area (TPSA) is 0 Å². The van der Waals surface area contributed by atoms with Crippen molar-refractivity contribution in [3.05, 3.63) is 34.1 Å². The van der Waals surface area contributed by atoms with Crippen LogP contribution >= 0.6 is 11.6 Å². The van der Waals surface area contributed by atoms with Crippen LogP contribution in [0, 0.1) is 12.7 Å². The van der Waals surface area contributed by atoms with Crippen molar-refractivity contribution in [1.82, 2.24) is 0 Å². The van der Waals surface area contributed by atoms with E-state index in [9.17, 15) is 4.39 Å². The molecule has 0 aromatic heterocycles. The van der Waals surface area contributed by atoms with E-state index < -0.39 is 0 Å². The van der Waals surface area contributed by atoms with Crippen LogP contribution in [-0.2, 0) is 6.42 Å². The lowest BCUT2D eigenvalue weighted by atomic mass is 10.1. The van der Waals surface area contributed by atoms with Crippen LogP contribution in [0.3, 0.4) is 0 Å². The zero-order chi connectivity index (χ0) is 8.43. The van der Waals surface area contributed by atoms with Crippen molar-refractivity contribution >= 4 is 11.6 Å². The van der Waals surface area contributed by atoms with Gasteiger partial charge in [0.2, 0.25) is 0 Å². The molecule has 0 aliphatic heterocycles. The Labute approximate surface area is 71.0 Å². The van der Waals surface area contributed by atoms with E-state index in [1.807, 2.05) is 13.8 Å². The van der Waals surface area contributed by atoms with Gasteiger partial charge in [-0.3, -0.25) is 0 Å². The van der Waals surface area contributed by atoms with E-state index in [0.29, 0.717) is 0 Å². The SMILES string of the molecule is CCc1cc(F)c(Cl)cc1C. The standard InChI is InChI=1S/C9H10ClF/c1-3-7-5-9(11)8(10)4-6(7)2/h4-5H,3H2,1-2H3. The first-order valence-electron chi connectivity index (χ1n) is 3.59. The maximum absolute atomic E-state index is 12.8. The van der Waals surface area contributed by atoms with Crippen LogP contribution in [0.1, 0.15) is 18.1 Å². The average Bonchev–Trinajstić information content (AvgIpc) is 1.97. The van der Waals surface area contributed by atoms with Gasteiger partial charge in [0.15, 0.2) is 0 Å². The van der Waals surface area contributed by atoms with Crippen LogP contribution in [-0.4, -0.2) is 0 Å². The van der Waals surface area contributed by atoms with Gasteiger partial charge in [-0.2, -0.15) is 0 Å². The lowest BCUT2D eigenvalue weighted by Crippen LogP contribution is -1.88. The highest BCUT2D eigenvalue weighted by Crippen LogP contribution is 2.19. The van der Waals surface area contributed by atoms with Crippen molar-refractivity contribution in [2.75, 3.05) is 0 Å². The van der Waals surface area contributed by atoms with Crippen molar-refractivity contribution in [3.8, 4) is 0 Å². The molecule has 0 aliphatic rings. The fourth-order valence-electron chi connectivity index (χ4n) is 1.07. The highest BCUT2D eigenvalue weighted by Gasteiger charge is 2.02. The molecule has 0 heterocycles. The minimum Gasteiger partial charge on any atom is -0.205 e. The van der Waals surface area contributed by atoms with Gasteiger partial charge < -0.3 is 0 Å². The normalized spacial score (nSPS) is 10.2. The Bertz CT molecular complexity index is 269. The first kappa shape index (κ1) is 8.54. The number of rotatable bonds is 1. The molecule has 0 radical (unpaired) electrons. The minimum absolute atomic E-state index is 0.208. The molecule has 0 unspecified atom stereocenters. The molecule has 0 spiro atoms. The molecule has 0 nitrogen and oxygen atoms in total. The van der Waals surface area contributed by atoms with E-state index in [0.717, 1.165) is 17.5 Å². The van der Waals surface area contributed by atoms with Crippen molar-refractivity contribution < 1.29 is 4.39 Å². The lowest BCUT2D eigenvalue weighted by Gasteiger charge is -2.03. The zero-order valence-electron chi connectivity index (χ0n) is 6.62. The van der Waals surface area contributed by atoms with E-state index in [2.05, 4.69) is 0 Å². The Morgan fingerprint density at radius 2 is 2.09 bits per heavy atom. The molecule has 1 aromatic carbocycles. The number of hydrogen-bond donors (Lipinski definition) is 0. The molecule has 0 saturated heterocycles. The molecular weight excluding hydrogens is 163 g/mol. The second kappa shape index (κ2) is 3.22. The molecule has 1 aromatic rings. The molecular formula is C9H10ClF. The average molecular weight is 173 g/mol. The summed E-state index contributed by atoms with van der Waals surface area (Å²) in [5.41, 5.74) is 2.07. The van der Waals surface area contributed by atoms with Crippen LogP contribution in [0.5, 0.6) is 0 Å². The quantitative estimate of drug-likeness (QED) is 0.610. The van der Waals surface area contributed by atoms with Crippen LogP contribution in [0.25, 0.3) is 0 Å². The summed E-state index contributed by atoms with van der Waals surface area (Å²) in [7, 11) is 0. The van der Waals surface area contributed by atoms with Gasteiger partial charge in [-0.05, 0) is 36.6 Å². The largest absolute Gasteiger partial charge is 0.205 e. The predicted octanol–water partition coefficient (Wildman–Crippen LogP) is 3.35. The van der Waals surface area contributed by atoms with Crippen LogP contribution in [0.15, 0.2) is 12.1 Å². The third-order valence-electron chi connectivity index (χ3n) is 1.76. The number of benzene rings is 1.